The first-order valence-electron chi connectivity index (χ1n) is 3.64. The van der Waals surface area contributed by atoms with E-state index in [1.807, 2.05) is 5.32 Å². The standard InChI is InChI=1S/C7H5ClF3N3O/c8-4-1-2-12-5(3-4)13-6(15)14-7(9,10)11/h1-3H,(H2,12,13,14,15). The van der Waals surface area contributed by atoms with Crippen LogP contribution in [0.2, 0.25) is 5.02 Å². The summed E-state index contributed by atoms with van der Waals surface area (Å²) in [6.07, 6.45) is -3.52. The average molecular weight is 240 g/mol. The topological polar surface area (TPSA) is 54.0 Å². The molecule has 82 valence electrons. The molecular formula is C7H5ClF3N3O. The van der Waals surface area contributed by atoms with Crippen LogP contribution < -0.4 is 10.6 Å². The van der Waals surface area contributed by atoms with E-state index in [1.165, 1.54) is 18.3 Å². The Hall–Kier alpha value is -1.50. The molecule has 1 aromatic rings. The van der Waals surface area contributed by atoms with Crippen LogP contribution in [-0.4, -0.2) is 17.3 Å². The number of nitrogens with one attached hydrogen (secondary N) is 2. The molecule has 1 aromatic heterocycles. The summed E-state index contributed by atoms with van der Waals surface area (Å²) in [6, 6.07) is 1.23. The highest BCUT2D eigenvalue weighted by Crippen LogP contribution is 2.13. The minimum Gasteiger partial charge on any atom is -0.292 e. The van der Waals surface area contributed by atoms with E-state index >= 15 is 0 Å². The molecule has 0 fully saturated rings. The molecule has 0 saturated heterocycles. The van der Waals surface area contributed by atoms with Gasteiger partial charge in [0.2, 0.25) is 0 Å². The second kappa shape index (κ2) is 4.35. The maximum absolute atomic E-state index is 11.7. The maximum atomic E-state index is 11.7. The fraction of sp³-hybridized carbons (Fsp3) is 0.143. The molecule has 0 bridgehead atoms. The molecule has 0 spiro atoms. The monoisotopic (exact) mass is 239 g/mol. The van der Waals surface area contributed by atoms with Crippen LogP contribution in [0.4, 0.5) is 23.8 Å². The molecule has 2 N–H and O–H groups in total. The van der Waals surface area contributed by atoms with E-state index in [9.17, 15) is 18.0 Å². The van der Waals surface area contributed by atoms with Gasteiger partial charge in [0, 0.05) is 11.2 Å². The molecule has 0 radical (unpaired) electrons. The third kappa shape index (κ3) is 4.50. The summed E-state index contributed by atoms with van der Waals surface area (Å²) >= 11 is 5.53. The van der Waals surface area contributed by atoms with Crippen LogP contribution in [0, 0.1) is 0 Å². The van der Waals surface area contributed by atoms with Crippen LogP contribution in [0.25, 0.3) is 0 Å². The molecule has 0 aromatic carbocycles. The Balaban J connectivity index is 2.59. The number of carbonyl (C=O) groups excluding carboxylic acids is 1. The van der Waals surface area contributed by atoms with Gasteiger partial charge in [0.25, 0.3) is 0 Å². The molecule has 8 heteroatoms. The molecule has 0 aliphatic rings. The van der Waals surface area contributed by atoms with E-state index in [0.717, 1.165) is 5.32 Å². The molecule has 4 nitrogen and oxygen atoms in total. The van der Waals surface area contributed by atoms with E-state index < -0.39 is 12.3 Å². The Labute approximate surface area is 87.4 Å². The van der Waals surface area contributed by atoms with E-state index in [-0.39, 0.29) is 10.8 Å². The maximum Gasteiger partial charge on any atom is 0.485 e. The van der Waals surface area contributed by atoms with Gasteiger partial charge in [-0.25, -0.2) is 15.1 Å². The fourth-order valence-corrected chi connectivity index (χ4v) is 0.909. The Morgan fingerprint density at radius 3 is 2.67 bits per heavy atom. The highest BCUT2D eigenvalue weighted by atomic mass is 35.5. The van der Waals surface area contributed by atoms with Gasteiger partial charge in [-0.15, -0.1) is 0 Å². The number of nitrogens with zero attached hydrogens (tertiary/aromatic N) is 1. The number of amides is 2. The summed E-state index contributed by atoms with van der Waals surface area (Å²) in [5.41, 5.74) is 0. The summed E-state index contributed by atoms with van der Waals surface area (Å²) in [5, 5.41) is 2.88. The first kappa shape index (κ1) is 11.6. The zero-order chi connectivity index (χ0) is 11.5. The number of halogens is 4. The normalized spacial score (nSPS) is 10.9. The lowest BCUT2D eigenvalue weighted by Crippen LogP contribution is -2.40. The molecule has 1 heterocycles. The number of hydrogen-bond donors (Lipinski definition) is 2. The van der Waals surface area contributed by atoms with Gasteiger partial charge in [0.15, 0.2) is 0 Å². The SMILES string of the molecule is O=C(Nc1cc(Cl)ccn1)NC(F)(F)F. The van der Waals surface area contributed by atoms with Crippen molar-refractivity contribution >= 4 is 23.4 Å². The molecule has 0 atom stereocenters. The molecular weight excluding hydrogens is 235 g/mol. The van der Waals surface area contributed by atoms with Crippen LogP contribution >= 0.6 is 11.6 Å². The summed E-state index contributed by atoms with van der Waals surface area (Å²) in [7, 11) is 0. The number of anilines is 1. The minimum absolute atomic E-state index is 0.0655. The van der Waals surface area contributed by atoms with Gasteiger partial charge in [-0.05, 0) is 12.1 Å². The predicted molar refractivity (Wildman–Crippen MR) is 47.5 cm³/mol. The van der Waals surface area contributed by atoms with Crippen molar-refractivity contribution in [2.24, 2.45) is 0 Å². The van der Waals surface area contributed by atoms with Crippen molar-refractivity contribution in [3.63, 3.8) is 0 Å². The fourth-order valence-electron chi connectivity index (χ4n) is 0.749. The lowest BCUT2D eigenvalue weighted by Gasteiger charge is -2.09. The highest BCUT2D eigenvalue weighted by Gasteiger charge is 2.30. The molecule has 0 aliphatic heterocycles. The summed E-state index contributed by atoms with van der Waals surface area (Å²) in [4.78, 5) is 14.3. The van der Waals surface area contributed by atoms with Crippen LogP contribution in [-0.2, 0) is 0 Å². The molecule has 0 unspecified atom stereocenters. The largest absolute Gasteiger partial charge is 0.485 e. The van der Waals surface area contributed by atoms with E-state index in [0.29, 0.717) is 0 Å². The van der Waals surface area contributed by atoms with Crippen molar-refractivity contribution in [1.82, 2.24) is 10.3 Å². The van der Waals surface area contributed by atoms with E-state index in [1.54, 1.807) is 0 Å². The Morgan fingerprint density at radius 2 is 2.13 bits per heavy atom. The summed E-state index contributed by atoms with van der Waals surface area (Å²) < 4.78 is 35.0. The Morgan fingerprint density at radius 1 is 1.47 bits per heavy atom. The summed E-state index contributed by atoms with van der Waals surface area (Å²) in [5.74, 6) is -0.0655. The lowest BCUT2D eigenvalue weighted by molar-refractivity contribution is -0.144. The number of alkyl halides is 3. The van der Waals surface area contributed by atoms with Gasteiger partial charge in [-0.1, -0.05) is 11.6 Å². The smallest absolute Gasteiger partial charge is 0.292 e. The lowest BCUT2D eigenvalue weighted by atomic mass is 10.4. The average Bonchev–Trinajstić information content (AvgIpc) is 1.99. The number of urea groups is 1. The van der Waals surface area contributed by atoms with Crippen molar-refractivity contribution in [2.45, 2.75) is 6.30 Å². The van der Waals surface area contributed by atoms with E-state index in [2.05, 4.69) is 4.98 Å². The van der Waals surface area contributed by atoms with Crippen molar-refractivity contribution < 1.29 is 18.0 Å². The van der Waals surface area contributed by atoms with Crippen LogP contribution in [0.3, 0.4) is 0 Å². The van der Waals surface area contributed by atoms with Gasteiger partial charge < -0.3 is 0 Å². The zero-order valence-corrected chi connectivity index (χ0v) is 7.86. The second-order valence-electron chi connectivity index (χ2n) is 2.44. The van der Waals surface area contributed by atoms with Crippen LogP contribution in [0.1, 0.15) is 0 Å². The van der Waals surface area contributed by atoms with Crippen molar-refractivity contribution in [2.75, 3.05) is 5.32 Å². The summed E-state index contributed by atoms with van der Waals surface area (Å²) in [6.45, 7) is 0. The predicted octanol–water partition coefficient (Wildman–Crippen LogP) is 2.38. The second-order valence-corrected chi connectivity index (χ2v) is 2.87. The molecule has 0 aliphatic carbocycles. The van der Waals surface area contributed by atoms with Crippen LogP contribution in [0.15, 0.2) is 18.3 Å². The number of pyridine rings is 1. The van der Waals surface area contributed by atoms with Gasteiger partial charge in [0.05, 0.1) is 0 Å². The van der Waals surface area contributed by atoms with Crippen molar-refractivity contribution in [1.29, 1.82) is 0 Å². The first-order chi connectivity index (χ1) is 6.87. The third-order valence-corrected chi connectivity index (χ3v) is 1.45. The number of carbonyl (C=O) groups is 1. The Bertz CT molecular complexity index is 369. The number of aromatic nitrogens is 1. The zero-order valence-electron chi connectivity index (χ0n) is 7.10. The van der Waals surface area contributed by atoms with Crippen molar-refractivity contribution in [3.05, 3.63) is 23.4 Å². The van der Waals surface area contributed by atoms with Gasteiger partial charge >= 0.3 is 12.3 Å². The third-order valence-electron chi connectivity index (χ3n) is 1.22. The quantitative estimate of drug-likeness (QED) is 0.740. The van der Waals surface area contributed by atoms with Gasteiger partial charge in [0.1, 0.15) is 5.82 Å². The molecule has 1 rings (SSSR count). The van der Waals surface area contributed by atoms with Gasteiger partial charge in [-0.3, -0.25) is 5.32 Å². The molecule has 15 heavy (non-hydrogen) atoms. The van der Waals surface area contributed by atoms with E-state index in [4.69, 9.17) is 11.6 Å². The number of hydrogen-bond acceptors (Lipinski definition) is 2. The highest BCUT2D eigenvalue weighted by molar-refractivity contribution is 6.30. The van der Waals surface area contributed by atoms with Crippen LogP contribution in [0.5, 0.6) is 0 Å². The molecule has 2 amide bonds. The molecule has 0 saturated carbocycles. The Kier molecular flexibility index (Phi) is 3.35. The first-order valence-corrected chi connectivity index (χ1v) is 4.02. The number of rotatable bonds is 1. The van der Waals surface area contributed by atoms with Gasteiger partial charge in [-0.2, -0.15) is 13.2 Å². The minimum atomic E-state index is -4.78. The van der Waals surface area contributed by atoms with Crippen molar-refractivity contribution in [3.8, 4) is 0 Å².